The molecule has 0 atom stereocenters. The maximum absolute atomic E-state index is 3.61. The number of nitrogens with zero attached hydrogens (tertiary/aromatic N) is 1. The second-order valence-corrected chi connectivity index (χ2v) is 16.2. The fraction of sp³-hybridized carbons (Fsp3) is 0.100. The predicted molar refractivity (Wildman–Crippen MR) is 275 cm³/mol. The first-order valence-corrected chi connectivity index (χ1v) is 22.5. The highest BCUT2D eigenvalue weighted by atomic mass is 15.1. The zero-order chi connectivity index (χ0) is 43.7. The second kappa shape index (κ2) is 19.5. The van der Waals surface area contributed by atoms with Crippen LogP contribution in [0.3, 0.4) is 0 Å². The molecule has 0 aliphatic heterocycles. The first-order valence-electron chi connectivity index (χ1n) is 22.5. The molecule has 0 spiro atoms. The number of hydrogen-bond donors (Lipinski definition) is 3. The highest BCUT2D eigenvalue weighted by Gasteiger charge is 2.14. The Hall–Kier alpha value is -7.82. The molecule has 9 aromatic rings. The van der Waals surface area contributed by atoms with Crippen molar-refractivity contribution in [3.8, 4) is 33.4 Å². The molecule has 9 rings (SSSR count). The van der Waals surface area contributed by atoms with E-state index in [2.05, 4.69) is 260 Å². The van der Waals surface area contributed by atoms with Gasteiger partial charge in [-0.25, -0.2) is 0 Å². The lowest BCUT2D eigenvalue weighted by molar-refractivity contribution is 1.14. The van der Waals surface area contributed by atoms with E-state index in [4.69, 9.17) is 0 Å². The normalized spacial score (nSPS) is 10.9. The smallest absolute Gasteiger partial charge is 0.0463 e. The summed E-state index contributed by atoms with van der Waals surface area (Å²) in [6.07, 6.45) is 3.09. The van der Waals surface area contributed by atoms with Crippen molar-refractivity contribution in [2.45, 2.75) is 40.0 Å². The number of nitrogens with one attached hydrogen (secondary N) is 3. The summed E-state index contributed by atoms with van der Waals surface area (Å²) < 4.78 is 0. The third-order valence-corrected chi connectivity index (χ3v) is 11.9. The maximum Gasteiger partial charge on any atom is 0.0463 e. The van der Waals surface area contributed by atoms with Crippen LogP contribution in [-0.4, -0.2) is 0 Å². The summed E-state index contributed by atoms with van der Waals surface area (Å²) in [5.41, 5.74) is 20.8. The minimum atomic E-state index is 1.02. The van der Waals surface area contributed by atoms with Gasteiger partial charge in [0.05, 0.1) is 0 Å². The Morgan fingerprint density at radius 1 is 0.266 bits per heavy atom. The zero-order valence-electron chi connectivity index (χ0n) is 36.9. The number of anilines is 9. The van der Waals surface area contributed by atoms with Crippen LogP contribution >= 0.6 is 0 Å². The van der Waals surface area contributed by atoms with E-state index in [0.717, 1.165) is 70.4 Å². The van der Waals surface area contributed by atoms with Crippen molar-refractivity contribution in [1.29, 1.82) is 0 Å². The quantitative estimate of drug-likeness (QED) is 0.0962. The van der Waals surface area contributed by atoms with Crippen LogP contribution in [0.1, 0.15) is 37.5 Å². The summed E-state index contributed by atoms with van der Waals surface area (Å²) >= 11 is 0. The van der Waals surface area contributed by atoms with Gasteiger partial charge < -0.3 is 20.9 Å². The third kappa shape index (κ3) is 9.94. The Labute approximate surface area is 378 Å². The highest BCUT2D eigenvalue weighted by Crippen LogP contribution is 2.38. The maximum atomic E-state index is 3.61. The first kappa shape index (κ1) is 41.5. The summed E-state index contributed by atoms with van der Waals surface area (Å²) in [4.78, 5) is 2.30. The zero-order valence-corrected chi connectivity index (χ0v) is 36.9. The van der Waals surface area contributed by atoms with Gasteiger partial charge in [0.25, 0.3) is 0 Å². The van der Waals surface area contributed by atoms with Crippen LogP contribution in [0, 0.1) is 0 Å². The fourth-order valence-electron chi connectivity index (χ4n) is 8.18. The van der Waals surface area contributed by atoms with E-state index in [1.807, 2.05) is 0 Å². The van der Waals surface area contributed by atoms with Crippen molar-refractivity contribution in [1.82, 2.24) is 0 Å². The van der Waals surface area contributed by atoms with Gasteiger partial charge in [-0.05, 0) is 179 Å². The van der Waals surface area contributed by atoms with Crippen molar-refractivity contribution in [2.75, 3.05) is 20.9 Å². The number of benzene rings is 9. The average Bonchev–Trinajstić information content (AvgIpc) is 3.36. The molecule has 64 heavy (non-hydrogen) atoms. The van der Waals surface area contributed by atoms with Gasteiger partial charge in [-0.1, -0.05) is 130 Å². The molecule has 0 saturated heterocycles. The summed E-state index contributed by atoms with van der Waals surface area (Å²) in [6, 6.07) is 78.4. The van der Waals surface area contributed by atoms with Crippen molar-refractivity contribution in [3.05, 3.63) is 235 Å². The molecule has 9 aromatic carbocycles. The lowest BCUT2D eigenvalue weighted by Crippen LogP contribution is -2.10. The van der Waals surface area contributed by atoms with Gasteiger partial charge in [-0.3, -0.25) is 0 Å². The van der Waals surface area contributed by atoms with Gasteiger partial charge in [0, 0.05) is 51.2 Å². The Bertz CT molecular complexity index is 2590. The van der Waals surface area contributed by atoms with E-state index < -0.39 is 0 Å². The second-order valence-electron chi connectivity index (χ2n) is 16.2. The van der Waals surface area contributed by atoms with Gasteiger partial charge in [0.15, 0.2) is 0 Å². The molecule has 0 aliphatic carbocycles. The van der Waals surface area contributed by atoms with E-state index in [1.54, 1.807) is 0 Å². The van der Waals surface area contributed by atoms with Crippen LogP contribution in [0.2, 0.25) is 0 Å². The van der Waals surface area contributed by atoms with Gasteiger partial charge in [0.1, 0.15) is 0 Å². The molecule has 314 valence electrons. The van der Waals surface area contributed by atoms with Crippen LogP contribution in [0.15, 0.2) is 218 Å². The molecule has 0 amide bonds. The van der Waals surface area contributed by atoms with Gasteiger partial charge >= 0.3 is 0 Å². The lowest BCUT2D eigenvalue weighted by Gasteiger charge is -2.26. The van der Waals surface area contributed by atoms with Gasteiger partial charge in [-0.2, -0.15) is 0 Å². The molecule has 0 saturated carbocycles. The topological polar surface area (TPSA) is 39.3 Å². The molecular weight excluding hydrogens is 777 g/mol. The van der Waals surface area contributed by atoms with Crippen LogP contribution < -0.4 is 20.9 Å². The third-order valence-electron chi connectivity index (χ3n) is 11.9. The Balaban J connectivity index is 0.938. The largest absolute Gasteiger partial charge is 0.356 e. The van der Waals surface area contributed by atoms with E-state index in [-0.39, 0.29) is 0 Å². The SMILES string of the molecule is CCc1cccc(-c2ccc(Nc3ccc(N(c4ccc(Nc5ccc(-c6cccc(CC)c6)cc5)cc4)c4ccc(Nc5ccc(-c6cccc(CC)c6)cc5)cc4)cc3)cc2)c1. The predicted octanol–water partition coefficient (Wildman–Crippen LogP) is 17.1. The first-order chi connectivity index (χ1) is 31.5. The minimum Gasteiger partial charge on any atom is -0.356 e. The average molecular weight is 831 g/mol. The Morgan fingerprint density at radius 2 is 0.500 bits per heavy atom. The fourth-order valence-corrected chi connectivity index (χ4v) is 8.18. The Morgan fingerprint density at radius 3 is 0.734 bits per heavy atom. The van der Waals surface area contributed by atoms with Crippen LogP contribution in [0.5, 0.6) is 0 Å². The van der Waals surface area contributed by atoms with Crippen LogP contribution in [0.25, 0.3) is 33.4 Å². The number of aryl methyl sites for hydroxylation is 3. The summed E-state index contributed by atoms with van der Waals surface area (Å²) in [5, 5.41) is 10.8. The molecule has 0 aliphatic rings. The highest BCUT2D eigenvalue weighted by molar-refractivity contribution is 5.81. The molecule has 0 bridgehead atoms. The Kier molecular flexibility index (Phi) is 12.6. The van der Waals surface area contributed by atoms with Gasteiger partial charge in [-0.15, -0.1) is 0 Å². The minimum absolute atomic E-state index is 1.02. The number of hydrogen-bond acceptors (Lipinski definition) is 4. The van der Waals surface area contributed by atoms with Crippen molar-refractivity contribution in [3.63, 3.8) is 0 Å². The summed E-state index contributed by atoms with van der Waals surface area (Å²) in [7, 11) is 0. The molecule has 0 aromatic heterocycles. The van der Waals surface area contributed by atoms with Gasteiger partial charge in [0.2, 0.25) is 0 Å². The van der Waals surface area contributed by atoms with Crippen LogP contribution in [0.4, 0.5) is 51.2 Å². The van der Waals surface area contributed by atoms with E-state index >= 15 is 0 Å². The van der Waals surface area contributed by atoms with E-state index in [0.29, 0.717) is 0 Å². The van der Waals surface area contributed by atoms with Crippen molar-refractivity contribution in [2.24, 2.45) is 0 Å². The van der Waals surface area contributed by atoms with E-state index in [1.165, 1.54) is 50.1 Å². The number of rotatable bonds is 15. The summed E-state index contributed by atoms with van der Waals surface area (Å²) in [6.45, 7) is 6.59. The standard InChI is InChI=1S/C60H54N4/c1-4-43-10-7-13-49(40-43)46-16-22-52(23-17-46)61-55-28-34-58(35-29-55)64(59-36-30-56(31-37-59)62-53-24-18-47(19-25-53)50-14-8-11-44(5-2)41-50)60-38-32-57(33-39-60)63-54-26-20-48(21-27-54)51-15-9-12-45(6-3)42-51/h7-42,61-63H,4-6H2,1-3H3. The molecule has 4 heteroatoms. The molecule has 4 nitrogen and oxygen atoms in total. The van der Waals surface area contributed by atoms with E-state index in [9.17, 15) is 0 Å². The molecular formula is C60H54N4. The molecule has 3 N–H and O–H groups in total. The molecule has 0 heterocycles. The molecule has 0 radical (unpaired) electrons. The molecule has 0 fully saturated rings. The molecule has 0 unspecified atom stereocenters. The lowest BCUT2D eigenvalue weighted by atomic mass is 10.0. The monoisotopic (exact) mass is 830 g/mol. The summed E-state index contributed by atoms with van der Waals surface area (Å²) in [5.74, 6) is 0. The van der Waals surface area contributed by atoms with Crippen LogP contribution in [-0.2, 0) is 19.3 Å². The van der Waals surface area contributed by atoms with Crippen molar-refractivity contribution >= 4 is 51.2 Å². The van der Waals surface area contributed by atoms with Crippen molar-refractivity contribution < 1.29 is 0 Å².